The second-order valence-electron chi connectivity index (χ2n) is 8.44. The van der Waals surface area contributed by atoms with Crippen LogP contribution in [0.4, 0.5) is 19.0 Å². The summed E-state index contributed by atoms with van der Waals surface area (Å²) in [7, 11) is 1.39. The number of hydrogen-bond donors (Lipinski definition) is 0. The smallest absolute Gasteiger partial charge is 0.318 e. The van der Waals surface area contributed by atoms with E-state index in [0.29, 0.717) is 57.7 Å². The Balaban J connectivity index is 1.67. The van der Waals surface area contributed by atoms with E-state index in [2.05, 4.69) is 21.5 Å². The van der Waals surface area contributed by atoms with E-state index in [4.69, 9.17) is 16.3 Å². The van der Waals surface area contributed by atoms with Crippen molar-refractivity contribution in [3.63, 3.8) is 0 Å². The molecule has 0 spiro atoms. The highest BCUT2D eigenvalue weighted by atomic mass is 35.5. The number of halogens is 4. The first kappa shape index (κ1) is 26.1. The van der Waals surface area contributed by atoms with E-state index in [1.165, 1.54) is 18.2 Å². The van der Waals surface area contributed by atoms with Gasteiger partial charge < -0.3 is 14.5 Å². The van der Waals surface area contributed by atoms with Gasteiger partial charge in [-0.3, -0.25) is 4.79 Å². The van der Waals surface area contributed by atoms with Crippen LogP contribution in [0, 0.1) is 0 Å². The highest BCUT2D eigenvalue weighted by Crippen LogP contribution is 2.44. The molecule has 0 atom stereocenters. The van der Waals surface area contributed by atoms with Gasteiger partial charge >= 0.3 is 6.01 Å². The second-order valence-corrected chi connectivity index (χ2v) is 9.85. The molecular weight excluding hydrogens is 539 g/mol. The van der Waals surface area contributed by atoms with Crippen LogP contribution in [0.15, 0.2) is 59.9 Å². The zero-order valence-corrected chi connectivity index (χ0v) is 21.7. The van der Waals surface area contributed by atoms with Gasteiger partial charge in [0.05, 0.1) is 12.0 Å². The molecule has 1 amide bonds. The number of fused-ring (bicyclic) bond motifs is 2. The van der Waals surface area contributed by atoms with Crippen LogP contribution in [0.2, 0.25) is 5.02 Å². The van der Waals surface area contributed by atoms with E-state index in [9.17, 15) is 18.0 Å². The minimum absolute atomic E-state index is 0.0193. The number of hydrogen-bond acceptors (Lipinski definition) is 7. The number of thioether (sulfide) groups is 1. The van der Waals surface area contributed by atoms with Gasteiger partial charge in [-0.05, 0) is 17.0 Å². The topological polar surface area (TPSA) is 71.5 Å². The van der Waals surface area contributed by atoms with Crippen molar-refractivity contribution in [2.24, 2.45) is 0 Å². The van der Waals surface area contributed by atoms with Crippen LogP contribution in [-0.2, 0) is 4.79 Å². The summed E-state index contributed by atoms with van der Waals surface area (Å²) in [6, 6.07) is 11.0. The lowest BCUT2D eigenvalue weighted by Gasteiger charge is -2.35. The zero-order valence-electron chi connectivity index (χ0n) is 20.1. The molecule has 4 aromatic rings. The Labute approximate surface area is 225 Å². The molecule has 38 heavy (non-hydrogen) atoms. The first-order valence-corrected chi connectivity index (χ1v) is 12.8. The summed E-state index contributed by atoms with van der Waals surface area (Å²) < 4.78 is 46.5. The van der Waals surface area contributed by atoms with Crippen molar-refractivity contribution in [3.05, 3.63) is 60.0 Å². The second kappa shape index (κ2) is 10.7. The molecule has 7 nitrogen and oxygen atoms in total. The van der Waals surface area contributed by atoms with Gasteiger partial charge in [-0.25, -0.2) is 9.37 Å². The maximum absolute atomic E-state index is 13.9. The highest BCUT2D eigenvalue weighted by Gasteiger charge is 2.28. The Hall–Kier alpha value is -3.57. The quantitative estimate of drug-likeness (QED) is 0.213. The van der Waals surface area contributed by atoms with E-state index >= 15 is 0 Å². The molecule has 2 aromatic heterocycles. The summed E-state index contributed by atoms with van der Waals surface area (Å²) in [6.07, 6.45) is 1.53. The Kier molecular flexibility index (Phi) is 7.31. The molecule has 2 aromatic carbocycles. The molecule has 3 heterocycles. The number of rotatable bonds is 6. The molecule has 0 unspecified atom stereocenters. The largest absolute Gasteiger partial charge is 0.467 e. The van der Waals surface area contributed by atoms with Crippen LogP contribution < -0.4 is 9.64 Å². The number of nitrogens with zero attached hydrogens (tertiary/aromatic N) is 5. The molecule has 0 aliphatic carbocycles. The Morgan fingerprint density at radius 3 is 2.45 bits per heavy atom. The molecule has 0 bridgehead atoms. The van der Waals surface area contributed by atoms with Crippen molar-refractivity contribution >= 4 is 56.9 Å². The van der Waals surface area contributed by atoms with Gasteiger partial charge in [0.2, 0.25) is 0 Å². The number of alkyl halides is 2. The number of carbonyl (C=O) groups excluding carboxylic acids is 1. The molecule has 1 saturated heterocycles. The minimum atomic E-state index is -2.74. The molecule has 1 aliphatic rings. The van der Waals surface area contributed by atoms with Crippen molar-refractivity contribution < 1.29 is 22.7 Å². The van der Waals surface area contributed by atoms with E-state index in [0.717, 1.165) is 5.39 Å². The van der Waals surface area contributed by atoms with E-state index in [1.807, 2.05) is 29.2 Å². The first-order chi connectivity index (χ1) is 18.3. The number of piperazine rings is 1. The fourth-order valence-corrected chi connectivity index (χ4v) is 5.55. The Bertz CT molecular complexity index is 1560. The lowest BCUT2D eigenvalue weighted by molar-refractivity contribution is -0.128. The zero-order chi connectivity index (χ0) is 27.0. The first-order valence-electron chi connectivity index (χ1n) is 11.5. The number of ether oxygens (including phenoxy) is 1. The number of aromatic nitrogens is 3. The summed E-state index contributed by atoms with van der Waals surface area (Å²) in [6.45, 7) is 4.14. The summed E-state index contributed by atoms with van der Waals surface area (Å²) >= 11 is 6.89. The Morgan fingerprint density at radius 2 is 1.79 bits per heavy atom. The lowest BCUT2D eigenvalue weighted by Crippen LogP contribution is -2.49. The number of amides is 1. The predicted molar refractivity (Wildman–Crippen MR) is 143 cm³/mol. The van der Waals surface area contributed by atoms with Gasteiger partial charge in [0.25, 0.3) is 11.7 Å². The highest BCUT2D eigenvalue weighted by molar-refractivity contribution is 8.00. The Morgan fingerprint density at radius 1 is 1.08 bits per heavy atom. The summed E-state index contributed by atoms with van der Waals surface area (Å²) in [4.78, 5) is 28.9. The molecule has 0 radical (unpaired) electrons. The van der Waals surface area contributed by atoms with Crippen molar-refractivity contribution in [2.45, 2.75) is 10.7 Å². The number of carbonyl (C=O) groups is 1. The fourth-order valence-electron chi connectivity index (χ4n) is 4.54. The average Bonchev–Trinajstić information content (AvgIpc) is 2.92. The number of methoxy groups -OCH3 is 1. The summed E-state index contributed by atoms with van der Waals surface area (Å²) in [5, 5.41) is 2.05. The molecule has 0 saturated carbocycles. The molecule has 12 heteroatoms. The standard InChI is InChI=1S/C26H21ClF3N5O2S/c1-14(28)24(36)35-11-9-34(10-12-35)23-21-20(32-26(33-23)37-2)22(38-25(29)30)17(13-31-21)16-7-3-5-15-6-4-8-18(27)19(15)16/h3-8,13,25H,1,9-12H2,2H3. The van der Waals surface area contributed by atoms with Crippen LogP contribution >= 0.6 is 23.4 Å². The third-order valence-electron chi connectivity index (χ3n) is 6.26. The lowest BCUT2D eigenvalue weighted by atomic mass is 9.99. The van der Waals surface area contributed by atoms with Crippen LogP contribution in [-0.4, -0.2) is 64.8 Å². The van der Waals surface area contributed by atoms with Crippen molar-refractivity contribution in [3.8, 4) is 17.1 Å². The van der Waals surface area contributed by atoms with Gasteiger partial charge in [-0.2, -0.15) is 18.7 Å². The van der Waals surface area contributed by atoms with Crippen molar-refractivity contribution in [2.75, 3.05) is 38.2 Å². The third-order valence-corrected chi connectivity index (χ3v) is 7.40. The molecule has 1 fully saturated rings. The fraction of sp³-hybridized carbons (Fsp3) is 0.231. The van der Waals surface area contributed by atoms with E-state index in [1.54, 1.807) is 12.1 Å². The van der Waals surface area contributed by atoms with Gasteiger partial charge in [0.15, 0.2) is 11.6 Å². The summed E-state index contributed by atoms with van der Waals surface area (Å²) in [5.74, 6) is -4.15. The van der Waals surface area contributed by atoms with Gasteiger partial charge in [0.1, 0.15) is 11.0 Å². The van der Waals surface area contributed by atoms with Gasteiger partial charge in [-0.15, -0.1) is 0 Å². The third kappa shape index (κ3) is 4.83. The van der Waals surface area contributed by atoms with Crippen LogP contribution in [0.5, 0.6) is 6.01 Å². The van der Waals surface area contributed by atoms with E-state index < -0.39 is 17.5 Å². The van der Waals surface area contributed by atoms with Crippen LogP contribution in [0.3, 0.4) is 0 Å². The van der Waals surface area contributed by atoms with Crippen LogP contribution in [0.25, 0.3) is 32.9 Å². The minimum Gasteiger partial charge on any atom is -0.467 e. The molecule has 1 aliphatic heterocycles. The number of pyridine rings is 1. The summed E-state index contributed by atoms with van der Waals surface area (Å²) in [5.41, 5.74) is 1.60. The van der Waals surface area contributed by atoms with Gasteiger partial charge in [0, 0.05) is 48.3 Å². The monoisotopic (exact) mass is 559 g/mol. The van der Waals surface area contributed by atoms with Crippen molar-refractivity contribution in [1.82, 2.24) is 19.9 Å². The normalized spacial score (nSPS) is 13.9. The van der Waals surface area contributed by atoms with Crippen LogP contribution in [0.1, 0.15) is 0 Å². The molecule has 5 rings (SSSR count). The molecular formula is C26H21ClF3N5O2S. The molecule has 196 valence electrons. The van der Waals surface area contributed by atoms with Crippen molar-refractivity contribution in [1.29, 1.82) is 0 Å². The average molecular weight is 560 g/mol. The van der Waals surface area contributed by atoms with E-state index in [-0.39, 0.29) is 29.5 Å². The molecule has 0 N–H and O–H groups in total. The predicted octanol–water partition coefficient (Wildman–Crippen LogP) is 5.95. The van der Waals surface area contributed by atoms with Gasteiger partial charge in [-0.1, -0.05) is 60.3 Å². The maximum Gasteiger partial charge on any atom is 0.318 e. The maximum atomic E-state index is 13.9. The number of anilines is 1. The SMILES string of the molecule is C=C(F)C(=O)N1CCN(c2nc(OC)nc3c(SC(F)F)c(-c4cccc5cccc(Cl)c45)cnc23)CC1. The number of benzene rings is 2.